The van der Waals surface area contributed by atoms with Crippen LogP contribution in [0, 0.1) is 27.9 Å². The minimum absolute atomic E-state index is 0.000292. The Balaban J connectivity index is 1.63. The first-order chi connectivity index (χ1) is 13.4. The Labute approximate surface area is 166 Å². The maximum atomic E-state index is 12.0. The third-order valence-corrected chi connectivity index (χ3v) is 5.33. The van der Waals surface area contributed by atoms with Gasteiger partial charge in [-0.05, 0) is 43.1 Å². The van der Waals surface area contributed by atoms with Crippen LogP contribution >= 0.6 is 0 Å². The van der Waals surface area contributed by atoms with Gasteiger partial charge in [0.05, 0.1) is 23.7 Å². The van der Waals surface area contributed by atoms with E-state index >= 15 is 0 Å². The van der Waals surface area contributed by atoms with E-state index in [2.05, 4.69) is 26.1 Å². The van der Waals surface area contributed by atoms with Gasteiger partial charge in [-0.15, -0.1) is 0 Å². The second-order valence-electron chi connectivity index (χ2n) is 7.98. The summed E-state index contributed by atoms with van der Waals surface area (Å²) in [4.78, 5) is 22.3. The Morgan fingerprint density at radius 2 is 2.14 bits per heavy atom. The molecule has 1 aliphatic carbocycles. The van der Waals surface area contributed by atoms with Crippen LogP contribution in [0.2, 0.25) is 0 Å². The van der Waals surface area contributed by atoms with Crippen LogP contribution in [0.25, 0.3) is 0 Å². The van der Waals surface area contributed by atoms with Gasteiger partial charge < -0.3 is 14.8 Å². The van der Waals surface area contributed by atoms with E-state index in [1.807, 2.05) is 0 Å². The van der Waals surface area contributed by atoms with E-state index in [1.54, 1.807) is 12.1 Å². The number of carbonyl (C=O) groups excluding carboxylic acids is 1. The lowest BCUT2D eigenvalue weighted by molar-refractivity contribution is -0.384. The Morgan fingerprint density at radius 1 is 1.36 bits per heavy atom. The van der Waals surface area contributed by atoms with E-state index in [0.717, 1.165) is 6.42 Å². The summed E-state index contributed by atoms with van der Waals surface area (Å²) in [6.07, 6.45) is 4.20. The molecule has 3 atom stereocenters. The number of hydrogen-bond donors (Lipinski definition) is 1. The highest BCUT2D eigenvalue weighted by molar-refractivity contribution is 5.77. The number of ether oxygens (including phenoxy) is 2. The van der Waals surface area contributed by atoms with Crippen molar-refractivity contribution in [3.05, 3.63) is 34.4 Å². The van der Waals surface area contributed by atoms with Crippen LogP contribution in [0.5, 0.6) is 5.75 Å². The molecule has 1 aliphatic rings. The maximum Gasteiger partial charge on any atom is 0.273 e. The summed E-state index contributed by atoms with van der Waals surface area (Å²) in [6.45, 7) is 7.63. The first-order valence-electron chi connectivity index (χ1n) is 10.1. The van der Waals surface area contributed by atoms with Crippen LogP contribution in [0.3, 0.4) is 0 Å². The van der Waals surface area contributed by atoms with E-state index in [9.17, 15) is 14.9 Å². The van der Waals surface area contributed by atoms with Crippen molar-refractivity contribution in [2.75, 3.05) is 19.8 Å². The van der Waals surface area contributed by atoms with Crippen LogP contribution in [0.1, 0.15) is 46.5 Å². The quantitative estimate of drug-likeness (QED) is 0.370. The zero-order valence-electron chi connectivity index (χ0n) is 17.1. The highest BCUT2D eigenvalue weighted by Crippen LogP contribution is 2.35. The SMILES string of the molecule is CC(C)[C@H]1CC[C@H](C)C[C@@H]1OCC(=O)NCCCOc1cccc([N+](=O)[O-])c1. The average molecular weight is 392 g/mol. The Bertz CT molecular complexity index is 649. The smallest absolute Gasteiger partial charge is 0.273 e. The molecule has 7 heteroatoms. The summed E-state index contributed by atoms with van der Waals surface area (Å²) in [5.41, 5.74) is -0.000292. The predicted molar refractivity (Wildman–Crippen MR) is 107 cm³/mol. The molecule has 0 heterocycles. The van der Waals surface area contributed by atoms with E-state index in [0.29, 0.717) is 43.1 Å². The Morgan fingerprint density at radius 3 is 2.86 bits per heavy atom. The first-order valence-corrected chi connectivity index (χ1v) is 10.1. The number of hydrogen-bond acceptors (Lipinski definition) is 5. The van der Waals surface area contributed by atoms with Crippen molar-refractivity contribution in [3.63, 3.8) is 0 Å². The number of benzene rings is 1. The number of nitro benzene ring substituents is 1. The lowest BCUT2D eigenvalue weighted by Gasteiger charge is -2.37. The van der Waals surface area contributed by atoms with Gasteiger partial charge in [0.1, 0.15) is 12.4 Å². The first kappa shape index (κ1) is 22.1. The number of carbonyl (C=O) groups is 1. The number of non-ortho nitro benzene ring substituents is 1. The van der Waals surface area contributed by atoms with E-state index < -0.39 is 4.92 Å². The van der Waals surface area contributed by atoms with Crippen molar-refractivity contribution in [2.24, 2.45) is 17.8 Å². The van der Waals surface area contributed by atoms with Crippen molar-refractivity contribution < 1.29 is 19.2 Å². The summed E-state index contributed by atoms with van der Waals surface area (Å²) >= 11 is 0. The predicted octanol–water partition coefficient (Wildman–Crippen LogP) is 3.96. The minimum Gasteiger partial charge on any atom is -0.493 e. The number of amides is 1. The molecule has 2 rings (SSSR count). The topological polar surface area (TPSA) is 90.7 Å². The van der Waals surface area contributed by atoms with Crippen molar-refractivity contribution in [2.45, 2.75) is 52.6 Å². The normalized spacial score (nSPS) is 22.1. The van der Waals surface area contributed by atoms with Crippen molar-refractivity contribution in [1.29, 1.82) is 0 Å². The Hall–Kier alpha value is -2.15. The van der Waals surface area contributed by atoms with Gasteiger partial charge in [-0.1, -0.05) is 33.3 Å². The molecule has 0 saturated heterocycles. The summed E-state index contributed by atoms with van der Waals surface area (Å²) in [5.74, 6) is 2.07. The largest absolute Gasteiger partial charge is 0.493 e. The fourth-order valence-electron chi connectivity index (χ4n) is 3.72. The standard InChI is InChI=1S/C21H32N2O5/c1-15(2)19-9-8-16(3)12-20(19)28-14-21(24)22-10-5-11-27-18-7-4-6-17(13-18)23(25)26/h4,6-7,13,15-16,19-20H,5,8-12,14H2,1-3H3,(H,22,24)/t16-,19+,20-/m0/s1. The lowest BCUT2D eigenvalue weighted by atomic mass is 9.75. The lowest BCUT2D eigenvalue weighted by Crippen LogP contribution is -2.38. The molecule has 1 saturated carbocycles. The number of nitro groups is 1. The molecule has 0 spiro atoms. The van der Waals surface area contributed by atoms with Crippen molar-refractivity contribution >= 4 is 11.6 Å². The molecule has 7 nitrogen and oxygen atoms in total. The van der Waals surface area contributed by atoms with Gasteiger partial charge in [-0.25, -0.2) is 0 Å². The molecule has 1 fully saturated rings. The van der Waals surface area contributed by atoms with Crippen LogP contribution in [-0.4, -0.2) is 36.7 Å². The third kappa shape index (κ3) is 7.11. The van der Waals surface area contributed by atoms with Crippen molar-refractivity contribution in [3.8, 4) is 5.75 Å². The van der Waals surface area contributed by atoms with Gasteiger partial charge in [0.25, 0.3) is 5.69 Å². The molecule has 0 aromatic heterocycles. The van der Waals surface area contributed by atoms with Gasteiger partial charge >= 0.3 is 0 Å². The van der Waals surface area contributed by atoms with Crippen LogP contribution in [0.15, 0.2) is 24.3 Å². The molecule has 28 heavy (non-hydrogen) atoms. The second kappa shape index (κ2) is 11.0. The molecule has 1 aromatic carbocycles. The molecule has 0 bridgehead atoms. The fourth-order valence-corrected chi connectivity index (χ4v) is 3.72. The Kier molecular flexibility index (Phi) is 8.70. The van der Waals surface area contributed by atoms with E-state index in [1.165, 1.54) is 25.0 Å². The average Bonchev–Trinajstić information content (AvgIpc) is 2.66. The van der Waals surface area contributed by atoms with Crippen LogP contribution in [-0.2, 0) is 9.53 Å². The maximum absolute atomic E-state index is 12.0. The molecule has 0 aliphatic heterocycles. The number of nitrogens with zero attached hydrogens (tertiary/aromatic N) is 1. The zero-order chi connectivity index (χ0) is 20.5. The summed E-state index contributed by atoms with van der Waals surface area (Å²) in [6, 6.07) is 6.07. The van der Waals surface area contributed by atoms with Crippen molar-refractivity contribution in [1.82, 2.24) is 5.32 Å². The molecular formula is C21H32N2O5. The van der Waals surface area contributed by atoms with Gasteiger partial charge in [-0.3, -0.25) is 14.9 Å². The molecule has 1 N–H and O–H groups in total. The number of nitrogens with one attached hydrogen (secondary N) is 1. The molecule has 1 aromatic rings. The third-order valence-electron chi connectivity index (χ3n) is 5.33. The molecule has 156 valence electrons. The highest BCUT2D eigenvalue weighted by atomic mass is 16.6. The van der Waals surface area contributed by atoms with Gasteiger partial charge in [-0.2, -0.15) is 0 Å². The molecule has 1 amide bonds. The number of rotatable bonds is 10. The monoisotopic (exact) mass is 392 g/mol. The molecule has 0 unspecified atom stereocenters. The fraction of sp³-hybridized carbons (Fsp3) is 0.667. The van der Waals surface area contributed by atoms with E-state index in [4.69, 9.17) is 9.47 Å². The van der Waals surface area contributed by atoms with Crippen LogP contribution < -0.4 is 10.1 Å². The van der Waals surface area contributed by atoms with Gasteiger partial charge in [0, 0.05) is 12.6 Å². The van der Waals surface area contributed by atoms with Gasteiger partial charge in [0.2, 0.25) is 5.91 Å². The zero-order valence-corrected chi connectivity index (χ0v) is 17.1. The van der Waals surface area contributed by atoms with Crippen LogP contribution in [0.4, 0.5) is 5.69 Å². The summed E-state index contributed by atoms with van der Waals surface area (Å²) in [5, 5.41) is 13.6. The van der Waals surface area contributed by atoms with E-state index in [-0.39, 0.29) is 24.3 Å². The summed E-state index contributed by atoms with van der Waals surface area (Å²) in [7, 11) is 0. The summed E-state index contributed by atoms with van der Waals surface area (Å²) < 4.78 is 11.4. The minimum atomic E-state index is -0.454. The molecular weight excluding hydrogens is 360 g/mol. The molecule has 0 radical (unpaired) electrons. The van der Waals surface area contributed by atoms with Gasteiger partial charge in [0.15, 0.2) is 0 Å². The highest BCUT2D eigenvalue weighted by Gasteiger charge is 2.31. The second-order valence-corrected chi connectivity index (χ2v) is 7.98.